The molecular weight excluding hydrogens is 246 g/mol. The average Bonchev–Trinajstić information content (AvgIpc) is 2.94. The zero-order chi connectivity index (χ0) is 13.5. The van der Waals surface area contributed by atoms with Crippen LogP contribution in [0, 0.1) is 12.8 Å². The smallest absolute Gasteiger partial charge is 0.275 e. The summed E-state index contributed by atoms with van der Waals surface area (Å²) in [5, 5.41) is 3.80. The van der Waals surface area contributed by atoms with Crippen LogP contribution < -0.4 is 5.32 Å². The van der Waals surface area contributed by atoms with E-state index in [-0.39, 0.29) is 17.9 Å². The van der Waals surface area contributed by atoms with Gasteiger partial charge in [0.2, 0.25) is 0 Å². The highest BCUT2D eigenvalue weighted by Gasteiger charge is 2.39. The number of aryl methyl sites for hydroxylation is 1. The maximum atomic E-state index is 14.6. The number of fused-ring (bicyclic) bond motifs is 1. The lowest BCUT2D eigenvalue weighted by molar-refractivity contribution is -0.0259. The van der Waals surface area contributed by atoms with Crippen molar-refractivity contribution < 1.29 is 8.78 Å². The van der Waals surface area contributed by atoms with Gasteiger partial charge in [-0.25, -0.2) is 8.78 Å². The predicted octanol–water partition coefficient (Wildman–Crippen LogP) is 3.57. The number of para-hydroxylation sites is 1. The van der Waals surface area contributed by atoms with Gasteiger partial charge in [0, 0.05) is 28.6 Å². The Morgan fingerprint density at radius 2 is 2.11 bits per heavy atom. The van der Waals surface area contributed by atoms with Crippen molar-refractivity contribution in [3.63, 3.8) is 0 Å². The monoisotopic (exact) mass is 264 g/mol. The van der Waals surface area contributed by atoms with Gasteiger partial charge in [0.15, 0.2) is 0 Å². The zero-order valence-corrected chi connectivity index (χ0v) is 11.0. The van der Waals surface area contributed by atoms with Crippen LogP contribution in [0.1, 0.15) is 24.1 Å². The highest BCUT2D eigenvalue weighted by molar-refractivity contribution is 5.85. The third kappa shape index (κ3) is 2.25. The molecule has 1 unspecified atom stereocenters. The van der Waals surface area contributed by atoms with E-state index < -0.39 is 5.92 Å². The van der Waals surface area contributed by atoms with E-state index in [1.54, 1.807) is 13.0 Å². The van der Waals surface area contributed by atoms with Crippen molar-refractivity contribution in [1.82, 2.24) is 10.3 Å². The lowest BCUT2D eigenvalue weighted by atomic mass is 9.93. The number of H-pyrrole nitrogens is 1. The number of halogens is 2. The molecule has 1 fully saturated rings. The number of hydrogen-bond donors (Lipinski definition) is 2. The number of rotatable bonds is 3. The zero-order valence-electron chi connectivity index (χ0n) is 11.0. The molecule has 2 N–H and O–H groups in total. The summed E-state index contributed by atoms with van der Waals surface area (Å²) >= 11 is 0. The lowest BCUT2D eigenvalue weighted by Gasteiger charge is -2.20. The van der Waals surface area contributed by atoms with Gasteiger partial charge < -0.3 is 10.3 Å². The Labute approximate surface area is 111 Å². The van der Waals surface area contributed by atoms with Crippen molar-refractivity contribution in [2.24, 2.45) is 5.92 Å². The molecule has 1 saturated heterocycles. The van der Waals surface area contributed by atoms with Crippen molar-refractivity contribution in [2.75, 3.05) is 13.1 Å². The Balaban J connectivity index is 1.99. The summed E-state index contributed by atoms with van der Waals surface area (Å²) in [5.41, 5.74) is 1.55. The quantitative estimate of drug-likeness (QED) is 0.871. The lowest BCUT2D eigenvalue weighted by Crippen LogP contribution is -2.21. The largest absolute Gasteiger partial charge is 0.358 e. The molecule has 19 heavy (non-hydrogen) atoms. The Morgan fingerprint density at radius 3 is 2.84 bits per heavy atom. The second kappa shape index (κ2) is 4.60. The molecule has 0 radical (unpaired) electrons. The summed E-state index contributed by atoms with van der Waals surface area (Å²) in [5.74, 6) is -2.69. The van der Waals surface area contributed by atoms with Crippen molar-refractivity contribution in [1.29, 1.82) is 0 Å². The highest BCUT2D eigenvalue weighted by atomic mass is 19.3. The van der Waals surface area contributed by atoms with Crippen LogP contribution in [-0.4, -0.2) is 18.1 Å². The van der Waals surface area contributed by atoms with Gasteiger partial charge >= 0.3 is 0 Å². The Kier molecular flexibility index (Phi) is 3.05. The van der Waals surface area contributed by atoms with Crippen LogP contribution in [0.4, 0.5) is 8.78 Å². The van der Waals surface area contributed by atoms with E-state index >= 15 is 0 Å². The number of benzene rings is 1. The number of hydrogen-bond acceptors (Lipinski definition) is 1. The molecule has 2 nitrogen and oxygen atoms in total. The van der Waals surface area contributed by atoms with Gasteiger partial charge in [-0.2, -0.15) is 0 Å². The van der Waals surface area contributed by atoms with Gasteiger partial charge in [-0.1, -0.05) is 18.2 Å². The molecule has 102 valence electrons. The molecule has 0 saturated carbocycles. The van der Waals surface area contributed by atoms with E-state index in [9.17, 15) is 8.78 Å². The Hall–Kier alpha value is -1.42. The molecule has 1 aromatic carbocycles. The third-order valence-corrected chi connectivity index (χ3v) is 3.97. The number of nitrogens with one attached hydrogen (secondary N) is 2. The molecule has 3 rings (SSSR count). The minimum Gasteiger partial charge on any atom is -0.358 e. The maximum Gasteiger partial charge on any atom is 0.275 e. The van der Waals surface area contributed by atoms with Crippen LogP contribution in [0.15, 0.2) is 24.3 Å². The third-order valence-electron chi connectivity index (χ3n) is 3.97. The first-order valence-corrected chi connectivity index (χ1v) is 6.74. The minimum atomic E-state index is -2.76. The van der Waals surface area contributed by atoms with Gasteiger partial charge in [0.25, 0.3) is 5.92 Å². The summed E-state index contributed by atoms with van der Waals surface area (Å²) in [7, 11) is 0. The molecule has 2 heterocycles. The second-order valence-corrected chi connectivity index (χ2v) is 5.44. The molecule has 1 aromatic heterocycles. The van der Waals surface area contributed by atoms with E-state index in [1.807, 2.05) is 18.2 Å². The van der Waals surface area contributed by atoms with Gasteiger partial charge in [-0.15, -0.1) is 0 Å². The van der Waals surface area contributed by atoms with E-state index in [0.29, 0.717) is 17.6 Å². The van der Waals surface area contributed by atoms with Crippen molar-refractivity contribution >= 4 is 10.9 Å². The highest BCUT2D eigenvalue weighted by Crippen LogP contribution is 2.41. The van der Waals surface area contributed by atoms with E-state index in [4.69, 9.17) is 0 Å². The first-order chi connectivity index (χ1) is 9.08. The number of alkyl halides is 2. The molecule has 0 spiro atoms. The van der Waals surface area contributed by atoms with Crippen LogP contribution in [-0.2, 0) is 5.92 Å². The van der Waals surface area contributed by atoms with Crippen LogP contribution in [0.5, 0.6) is 0 Å². The molecule has 4 heteroatoms. The van der Waals surface area contributed by atoms with Crippen molar-refractivity contribution in [3.05, 3.63) is 35.5 Å². The average molecular weight is 264 g/mol. The summed E-state index contributed by atoms with van der Waals surface area (Å²) in [6.45, 7) is 3.29. The summed E-state index contributed by atoms with van der Waals surface area (Å²) < 4.78 is 29.2. The van der Waals surface area contributed by atoms with Crippen molar-refractivity contribution in [3.8, 4) is 0 Å². The van der Waals surface area contributed by atoms with Gasteiger partial charge in [-0.3, -0.25) is 0 Å². The molecule has 1 aliphatic heterocycles. The standard InChI is InChI=1S/C15H18F2N2/c1-10-14(12-4-2-3-5-13(12)19-10)15(16,17)8-11-6-7-18-9-11/h2-5,11,18-19H,6-9H2,1H3. The maximum absolute atomic E-state index is 14.6. The summed E-state index contributed by atoms with van der Waals surface area (Å²) in [4.78, 5) is 3.06. The SMILES string of the molecule is Cc1[nH]c2ccccc2c1C(F)(F)CC1CCNC1. The number of aromatic nitrogens is 1. The molecule has 1 atom stereocenters. The van der Waals surface area contributed by atoms with E-state index in [1.165, 1.54) is 0 Å². The second-order valence-electron chi connectivity index (χ2n) is 5.44. The first kappa shape index (κ1) is 12.6. The topological polar surface area (TPSA) is 27.8 Å². The van der Waals surface area contributed by atoms with Crippen LogP contribution in [0.3, 0.4) is 0 Å². The van der Waals surface area contributed by atoms with Crippen molar-refractivity contribution in [2.45, 2.75) is 25.7 Å². The molecule has 2 aromatic rings. The van der Waals surface area contributed by atoms with E-state index in [0.717, 1.165) is 18.5 Å². The van der Waals surface area contributed by atoms with Gasteiger partial charge in [-0.05, 0) is 38.4 Å². The first-order valence-electron chi connectivity index (χ1n) is 6.74. The molecule has 1 aliphatic rings. The Bertz CT molecular complexity index is 583. The molecule has 0 aliphatic carbocycles. The number of aromatic amines is 1. The Morgan fingerprint density at radius 1 is 1.32 bits per heavy atom. The fourth-order valence-electron chi connectivity index (χ4n) is 3.10. The van der Waals surface area contributed by atoms with Crippen LogP contribution in [0.2, 0.25) is 0 Å². The molecule has 0 amide bonds. The van der Waals surface area contributed by atoms with E-state index in [2.05, 4.69) is 10.3 Å². The molecular formula is C15H18F2N2. The minimum absolute atomic E-state index is 0.0668. The summed E-state index contributed by atoms with van der Waals surface area (Å²) in [6.07, 6.45) is 0.777. The van der Waals surface area contributed by atoms with Gasteiger partial charge in [0.05, 0.1) is 0 Å². The fraction of sp³-hybridized carbons (Fsp3) is 0.467. The normalized spacial score (nSPS) is 20.3. The predicted molar refractivity (Wildman–Crippen MR) is 72.5 cm³/mol. The van der Waals surface area contributed by atoms with Gasteiger partial charge in [0.1, 0.15) is 0 Å². The summed E-state index contributed by atoms with van der Waals surface area (Å²) in [6, 6.07) is 7.29. The molecule has 0 bridgehead atoms. The van der Waals surface area contributed by atoms with Crippen LogP contribution in [0.25, 0.3) is 10.9 Å². The fourth-order valence-corrected chi connectivity index (χ4v) is 3.10. The van der Waals surface area contributed by atoms with Crippen LogP contribution >= 0.6 is 0 Å².